The zero-order chi connectivity index (χ0) is 20.8. The number of aromatic nitrogens is 1. The first kappa shape index (κ1) is 18.5. The molecule has 2 atom stereocenters. The first-order valence-corrected chi connectivity index (χ1v) is 9.87. The van der Waals surface area contributed by atoms with Crippen LogP contribution in [0.15, 0.2) is 48.7 Å². The number of amides is 2. The van der Waals surface area contributed by atoms with Gasteiger partial charge in [-0.1, -0.05) is 6.07 Å². The summed E-state index contributed by atoms with van der Waals surface area (Å²) >= 11 is 0. The van der Waals surface area contributed by atoms with Crippen LogP contribution in [-0.2, 0) is 4.79 Å². The number of rotatable bonds is 4. The molecule has 0 radical (unpaired) electrons. The Morgan fingerprint density at radius 3 is 2.63 bits per heavy atom. The summed E-state index contributed by atoms with van der Waals surface area (Å²) in [6, 6.07) is 10.5. The van der Waals surface area contributed by atoms with E-state index in [4.69, 9.17) is 0 Å². The number of hydrogen-bond acceptors (Lipinski definition) is 2. The van der Waals surface area contributed by atoms with E-state index in [9.17, 15) is 18.4 Å². The number of carbonyl (C=O) groups excluding carboxylic acids is 2. The summed E-state index contributed by atoms with van der Waals surface area (Å²) in [5, 5.41) is 3.31. The zero-order valence-corrected chi connectivity index (χ0v) is 16.0. The Kier molecular flexibility index (Phi) is 4.38. The first-order chi connectivity index (χ1) is 14.5. The highest BCUT2D eigenvalue weighted by atomic mass is 19.1. The van der Waals surface area contributed by atoms with Gasteiger partial charge in [-0.15, -0.1) is 0 Å². The van der Waals surface area contributed by atoms with E-state index in [-0.39, 0.29) is 23.2 Å². The van der Waals surface area contributed by atoms with Crippen molar-refractivity contribution in [2.75, 3.05) is 5.32 Å². The van der Waals surface area contributed by atoms with Crippen molar-refractivity contribution in [2.24, 2.45) is 5.92 Å². The maximum Gasteiger partial charge on any atom is 0.272 e. The number of piperidine rings is 1. The van der Waals surface area contributed by atoms with Crippen molar-refractivity contribution >= 4 is 34.5 Å². The fourth-order valence-electron chi connectivity index (χ4n) is 4.39. The van der Waals surface area contributed by atoms with E-state index in [1.165, 1.54) is 0 Å². The van der Waals surface area contributed by atoms with Crippen LogP contribution in [0.2, 0.25) is 0 Å². The average molecular weight is 407 g/mol. The SMILES string of the molecule is O=C(Nc1cc(F)cc(F)c1)c1cc2cc(/C=C/N3C(=O)[C@@H]4CC[C@H]3C4)ccc2[nH]1. The second kappa shape index (κ2) is 7.09. The molecule has 2 aromatic carbocycles. The highest BCUT2D eigenvalue weighted by molar-refractivity contribution is 6.06. The summed E-state index contributed by atoms with van der Waals surface area (Å²) < 4.78 is 26.6. The van der Waals surface area contributed by atoms with Crippen molar-refractivity contribution in [3.05, 3.63) is 71.6 Å². The third-order valence-electron chi connectivity index (χ3n) is 5.84. The van der Waals surface area contributed by atoms with E-state index in [0.29, 0.717) is 6.04 Å². The van der Waals surface area contributed by atoms with Crippen molar-refractivity contribution in [3.63, 3.8) is 0 Å². The molecule has 1 aliphatic carbocycles. The molecule has 1 aliphatic heterocycles. The monoisotopic (exact) mass is 407 g/mol. The van der Waals surface area contributed by atoms with Crippen LogP contribution in [0.1, 0.15) is 35.3 Å². The number of nitrogens with one attached hydrogen (secondary N) is 2. The van der Waals surface area contributed by atoms with Gasteiger partial charge in [0.15, 0.2) is 0 Å². The molecule has 2 N–H and O–H groups in total. The minimum Gasteiger partial charge on any atom is -0.351 e. The lowest BCUT2D eigenvalue weighted by Gasteiger charge is -2.23. The van der Waals surface area contributed by atoms with Crippen LogP contribution in [0.4, 0.5) is 14.5 Å². The minimum atomic E-state index is -0.761. The van der Waals surface area contributed by atoms with Gasteiger partial charge in [0.05, 0.1) is 0 Å². The Hall–Kier alpha value is -3.48. The second-order valence-electron chi connectivity index (χ2n) is 7.87. The predicted molar refractivity (Wildman–Crippen MR) is 110 cm³/mol. The largest absolute Gasteiger partial charge is 0.351 e. The van der Waals surface area contributed by atoms with E-state index in [1.807, 2.05) is 35.4 Å². The van der Waals surface area contributed by atoms with Gasteiger partial charge in [0.25, 0.3) is 5.91 Å². The molecule has 5 nitrogen and oxygen atoms in total. The van der Waals surface area contributed by atoms with Crippen LogP contribution in [0.25, 0.3) is 17.0 Å². The third kappa shape index (κ3) is 3.36. The zero-order valence-electron chi connectivity index (χ0n) is 16.0. The topological polar surface area (TPSA) is 65.2 Å². The van der Waals surface area contributed by atoms with Crippen LogP contribution in [-0.4, -0.2) is 27.7 Å². The van der Waals surface area contributed by atoms with Gasteiger partial charge >= 0.3 is 0 Å². The van der Waals surface area contributed by atoms with Crippen molar-refractivity contribution in [1.29, 1.82) is 0 Å². The fraction of sp³-hybridized carbons (Fsp3) is 0.217. The average Bonchev–Trinajstić information content (AvgIpc) is 3.40. The van der Waals surface area contributed by atoms with E-state index >= 15 is 0 Å². The highest BCUT2D eigenvalue weighted by Gasteiger charge is 2.43. The van der Waals surface area contributed by atoms with E-state index in [2.05, 4.69) is 10.3 Å². The number of nitrogens with zero attached hydrogens (tertiary/aromatic N) is 1. The quantitative estimate of drug-likeness (QED) is 0.660. The Morgan fingerprint density at radius 1 is 1.10 bits per heavy atom. The molecule has 2 bridgehead atoms. The molecule has 1 aromatic heterocycles. The summed E-state index contributed by atoms with van der Waals surface area (Å²) in [7, 11) is 0. The number of anilines is 1. The highest BCUT2D eigenvalue weighted by Crippen LogP contribution is 2.38. The number of likely N-dealkylation sites (tertiary alicyclic amines) is 1. The van der Waals surface area contributed by atoms with Gasteiger partial charge in [0.2, 0.25) is 5.91 Å². The number of H-pyrrole nitrogens is 1. The summed E-state index contributed by atoms with van der Waals surface area (Å²) in [5.41, 5.74) is 2.00. The summed E-state index contributed by atoms with van der Waals surface area (Å²) in [4.78, 5) is 29.6. The molecule has 5 rings (SSSR count). The van der Waals surface area contributed by atoms with Crippen LogP contribution in [0, 0.1) is 17.6 Å². The Balaban J connectivity index is 1.34. The van der Waals surface area contributed by atoms with Gasteiger partial charge in [-0.3, -0.25) is 9.59 Å². The maximum absolute atomic E-state index is 13.3. The molecule has 2 heterocycles. The van der Waals surface area contributed by atoms with Gasteiger partial charge in [-0.05, 0) is 61.2 Å². The number of carbonyl (C=O) groups is 2. The Morgan fingerprint density at radius 2 is 1.90 bits per heavy atom. The molecule has 30 heavy (non-hydrogen) atoms. The molecule has 1 saturated carbocycles. The third-order valence-corrected chi connectivity index (χ3v) is 5.84. The van der Waals surface area contributed by atoms with Crippen LogP contribution >= 0.6 is 0 Å². The second-order valence-corrected chi connectivity index (χ2v) is 7.87. The smallest absolute Gasteiger partial charge is 0.272 e. The molecule has 0 unspecified atom stereocenters. The minimum absolute atomic E-state index is 0.0457. The Labute approximate surface area is 171 Å². The lowest BCUT2D eigenvalue weighted by Crippen LogP contribution is -2.32. The van der Waals surface area contributed by atoms with E-state index in [0.717, 1.165) is 53.9 Å². The molecule has 2 fully saturated rings. The van der Waals surface area contributed by atoms with Crippen molar-refractivity contribution in [1.82, 2.24) is 9.88 Å². The van der Waals surface area contributed by atoms with Crippen LogP contribution in [0.5, 0.6) is 0 Å². The lowest BCUT2D eigenvalue weighted by molar-refractivity contribution is -0.131. The predicted octanol–water partition coefficient (Wildman–Crippen LogP) is 4.68. The Bertz CT molecular complexity index is 1180. The fourth-order valence-corrected chi connectivity index (χ4v) is 4.39. The first-order valence-electron chi connectivity index (χ1n) is 9.87. The van der Waals surface area contributed by atoms with Gasteiger partial charge < -0.3 is 15.2 Å². The molecule has 152 valence electrons. The van der Waals surface area contributed by atoms with Crippen molar-refractivity contribution in [2.45, 2.75) is 25.3 Å². The number of halogens is 2. The normalized spacial score (nSPS) is 20.6. The van der Waals surface area contributed by atoms with E-state index < -0.39 is 17.5 Å². The summed E-state index contributed by atoms with van der Waals surface area (Å²) in [6.07, 6.45) is 6.77. The molecule has 2 amide bonds. The lowest BCUT2D eigenvalue weighted by atomic mass is 10.1. The molecule has 3 aromatic rings. The molecule has 0 spiro atoms. The standard InChI is InChI=1S/C23H19F2N3O2/c24-16-10-17(25)12-18(11-16)26-22(29)21-9-15-7-13(1-4-20(15)27-21)5-6-28-19-3-2-14(8-19)23(28)30/h1,4-7,9-12,14,19,27H,2-3,8H2,(H,26,29)/b6-5+/t14-,19+/m1/s1. The van der Waals surface area contributed by atoms with Gasteiger partial charge in [0, 0.05) is 40.8 Å². The molecule has 7 heteroatoms. The van der Waals surface area contributed by atoms with Crippen LogP contribution < -0.4 is 5.32 Å². The molecule has 1 saturated heterocycles. The molecule has 2 aliphatic rings. The number of benzene rings is 2. The maximum atomic E-state index is 13.3. The number of aromatic amines is 1. The summed E-state index contributed by atoms with van der Waals surface area (Å²) in [5.74, 6) is -1.63. The number of fused-ring (bicyclic) bond motifs is 3. The van der Waals surface area contributed by atoms with Gasteiger partial charge in [-0.25, -0.2) is 8.78 Å². The van der Waals surface area contributed by atoms with Gasteiger partial charge in [0.1, 0.15) is 17.3 Å². The van der Waals surface area contributed by atoms with Crippen molar-refractivity contribution < 1.29 is 18.4 Å². The molecular weight excluding hydrogens is 388 g/mol. The van der Waals surface area contributed by atoms with E-state index in [1.54, 1.807) is 6.07 Å². The van der Waals surface area contributed by atoms with Crippen molar-refractivity contribution in [3.8, 4) is 0 Å². The molecular formula is C23H19F2N3O2. The number of hydrogen-bond donors (Lipinski definition) is 2. The van der Waals surface area contributed by atoms with Crippen LogP contribution in [0.3, 0.4) is 0 Å². The van der Waals surface area contributed by atoms with Gasteiger partial charge in [-0.2, -0.15) is 0 Å². The summed E-state index contributed by atoms with van der Waals surface area (Å²) in [6.45, 7) is 0.